The quantitative estimate of drug-likeness (QED) is 0.433. The topological polar surface area (TPSA) is 86.4 Å². The highest BCUT2D eigenvalue weighted by Crippen LogP contribution is 2.23. The van der Waals surface area contributed by atoms with Crippen molar-refractivity contribution in [3.05, 3.63) is 35.0 Å². The van der Waals surface area contributed by atoms with E-state index in [1.807, 2.05) is 0 Å². The van der Waals surface area contributed by atoms with Gasteiger partial charge in [-0.1, -0.05) is 12.1 Å². The molecule has 1 rings (SSSR count). The number of alkyl halides is 2. The molecule has 0 aliphatic carbocycles. The van der Waals surface area contributed by atoms with Crippen LogP contribution in [-0.4, -0.2) is 41.8 Å². The Morgan fingerprint density at radius 1 is 1.35 bits per heavy atom. The second kappa shape index (κ2) is 7.81. The minimum Gasteiger partial charge on any atom is -0.627 e. The van der Waals surface area contributed by atoms with Crippen LogP contribution in [0.2, 0.25) is 0 Å². The van der Waals surface area contributed by atoms with Gasteiger partial charge in [-0.2, -0.15) is 0 Å². The molecule has 20 heavy (non-hydrogen) atoms. The van der Waals surface area contributed by atoms with E-state index in [2.05, 4.69) is 0 Å². The lowest BCUT2D eigenvalue weighted by Crippen LogP contribution is -2.46. The molecular weight excluding hydrogens is 303 g/mol. The summed E-state index contributed by atoms with van der Waals surface area (Å²) >= 11 is 10.8. The van der Waals surface area contributed by atoms with Crippen molar-refractivity contribution in [2.45, 2.75) is 12.5 Å². The molecule has 0 radical (unpaired) electrons. The first-order chi connectivity index (χ1) is 12.3. The van der Waals surface area contributed by atoms with Crippen molar-refractivity contribution in [1.29, 1.82) is 0 Å². The Morgan fingerprint density at radius 2 is 1.85 bits per heavy atom. The fourth-order valence-electron chi connectivity index (χ4n) is 1.46. The number of carboxylic acid groups (broad SMARTS) is 1. The lowest BCUT2D eigenvalue weighted by atomic mass is 10.1. The van der Waals surface area contributed by atoms with E-state index in [-0.39, 0.29) is 6.42 Å². The fraction of sp³-hybridized carbons (Fsp3) is 0.462. The largest absolute Gasteiger partial charge is 0.627 e. The van der Waals surface area contributed by atoms with Crippen molar-refractivity contribution < 1.29 is 20.9 Å². The van der Waals surface area contributed by atoms with Crippen molar-refractivity contribution in [3.63, 3.8) is 0 Å². The predicted octanol–water partition coefficient (Wildman–Crippen LogP) is 1.92. The van der Waals surface area contributed by atoms with Crippen molar-refractivity contribution in [3.8, 4) is 0 Å². The number of carboxylic acids is 1. The van der Waals surface area contributed by atoms with E-state index >= 15 is 0 Å². The number of quaternary nitrogens is 1. The first kappa shape index (κ1) is 8.56. The second-order valence-corrected chi connectivity index (χ2v) is 4.22. The first-order valence-electron chi connectivity index (χ1n) is 9.36. The molecule has 1 aromatic carbocycles. The number of rotatable bonds is 8. The van der Waals surface area contributed by atoms with E-state index < -0.39 is 47.0 Å². The Kier molecular flexibility index (Phi) is 3.34. The first-order valence-corrected chi connectivity index (χ1v) is 6.12. The summed E-state index contributed by atoms with van der Waals surface area (Å²) in [5.41, 5.74) is 4.99. The summed E-state index contributed by atoms with van der Waals surface area (Å²) in [6.45, 7) is -7.45. The van der Waals surface area contributed by atoms with Crippen LogP contribution < -0.4 is 10.4 Å². The van der Waals surface area contributed by atoms with E-state index in [1.54, 1.807) is 0 Å². The van der Waals surface area contributed by atoms with E-state index in [0.29, 0.717) is 5.56 Å². The van der Waals surface area contributed by atoms with E-state index in [4.69, 9.17) is 45.0 Å². The molecule has 1 aromatic rings. The monoisotopic (exact) mass is 328 g/mol. The molecule has 0 saturated heterocycles. The van der Waals surface area contributed by atoms with Gasteiger partial charge in [0, 0.05) is 5.48 Å². The number of carbonyl (C=O) groups is 1. The van der Waals surface area contributed by atoms with Crippen molar-refractivity contribution >= 4 is 34.9 Å². The number of benzene rings is 1. The smallest absolute Gasteiger partial charge is 0.320 e. The average molecular weight is 329 g/mol. The number of hydrogen-bond donors (Lipinski definition) is 2. The number of nitrogens with two attached hydrogens (primary N) is 1. The van der Waals surface area contributed by atoms with Gasteiger partial charge in [-0.25, -0.2) is 0 Å². The van der Waals surface area contributed by atoms with E-state index in [9.17, 15) is 10.0 Å². The van der Waals surface area contributed by atoms with Crippen LogP contribution in [0.3, 0.4) is 0 Å². The van der Waals surface area contributed by atoms with Gasteiger partial charge >= 0.3 is 5.97 Å². The molecule has 0 heterocycles. The van der Waals surface area contributed by atoms with Gasteiger partial charge in [0.05, 0.1) is 30.1 Å². The number of hydrogen-bond acceptors (Lipinski definition) is 3. The zero-order chi connectivity index (χ0) is 22.3. The van der Waals surface area contributed by atoms with Gasteiger partial charge in [0.25, 0.3) is 0 Å². The molecular formula is C13H18Cl2N2O3. The molecule has 5 nitrogen and oxygen atoms in total. The summed E-state index contributed by atoms with van der Waals surface area (Å²) in [7, 11) is 0. The zero-order valence-electron chi connectivity index (χ0n) is 18.1. The molecule has 0 spiro atoms. The van der Waals surface area contributed by atoms with E-state index in [0.717, 1.165) is 12.1 Å². The number of hydroxylamine groups is 2. The maximum Gasteiger partial charge on any atom is 0.320 e. The van der Waals surface area contributed by atoms with Gasteiger partial charge in [0.1, 0.15) is 11.7 Å². The molecule has 0 saturated carbocycles. The maximum atomic E-state index is 13.5. The molecule has 3 N–H and O–H groups in total. The van der Waals surface area contributed by atoms with Crippen LogP contribution in [-0.2, 0) is 11.2 Å². The molecule has 0 unspecified atom stereocenters. The molecule has 0 fully saturated rings. The molecule has 1 atom stereocenters. The average Bonchev–Trinajstić information content (AvgIpc) is 2.52. The van der Waals surface area contributed by atoms with Gasteiger partial charge in [-0.05, 0) is 24.1 Å². The van der Waals surface area contributed by atoms with Gasteiger partial charge in [-0.3, -0.25) is 4.79 Å². The van der Waals surface area contributed by atoms with Crippen LogP contribution in [0.25, 0.3) is 0 Å². The normalized spacial score (nSPS) is 22.0. The molecule has 0 amide bonds. The Hall–Kier alpha value is -0.850. The SMILES string of the molecule is [2H]C([2H])(Cl)C([2H])([2H])[N+]([O-])(c1ccc(C[C@@H](N)C(=O)O)cc1)C([2H])([2H])C([2H])([2H])Cl. The number of nitrogens with zero attached hydrogens (tertiary/aromatic N) is 1. The summed E-state index contributed by atoms with van der Waals surface area (Å²) in [5.74, 6) is -8.10. The highest BCUT2D eigenvalue weighted by Gasteiger charge is 2.19. The van der Waals surface area contributed by atoms with Crippen LogP contribution in [0.1, 0.15) is 16.5 Å². The van der Waals surface area contributed by atoms with Gasteiger partial charge in [-0.15, -0.1) is 23.2 Å². The van der Waals surface area contributed by atoms with Crippen LogP contribution in [0.5, 0.6) is 0 Å². The third-order valence-electron chi connectivity index (χ3n) is 2.47. The summed E-state index contributed by atoms with van der Waals surface area (Å²) in [5, 5.41) is 22.3. The molecule has 0 aliphatic rings. The summed E-state index contributed by atoms with van der Waals surface area (Å²) in [4.78, 5) is 10.8. The van der Waals surface area contributed by atoms with Crippen molar-refractivity contribution in [1.82, 2.24) is 4.65 Å². The van der Waals surface area contributed by atoms with Crippen LogP contribution in [0.4, 0.5) is 5.69 Å². The van der Waals surface area contributed by atoms with E-state index in [1.165, 1.54) is 12.1 Å². The molecule has 7 heteroatoms. The van der Waals surface area contributed by atoms with Gasteiger partial charge in [0.15, 0.2) is 0 Å². The highest BCUT2D eigenvalue weighted by molar-refractivity contribution is 6.18. The third-order valence-corrected chi connectivity index (χ3v) is 2.64. The van der Waals surface area contributed by atoms with Gasteiger partial charge < -0.3 is 20.7 Å². The standard InChI is InChI=1S/C13H18Cl2N2O3/c14-5-7-17(20,8-6-15)11-3-1-10(2-4-11)9-12(16)13(18)19/h1-4,12H,5-9,16H2,(H,18,19)/t12-/m1/s1/i5D2,6D2,7D2,8D2. The molecule has 0 aromatic heterocycles. The fourth-order valence-corrected chi connectivity index (χ4v) is 1.70. The van der Waals surface area contributed by atoms with Crippen molar-refractivity contribution in [2.75, 3.05) is 24.7 Å². The second-order valence-electron chi connectivity index (χ2n) is 3.84. The molecule has 0 aliphatic heterocycles. The third kappa shape index (κ3) is 4.61. The minimum absolute atomic E-state index is 0.152. The lowest BCUT2D eigenvalue weighted by Gasteiger charge is -2.41. The van der Waals surface area contributed by atoms with Crippen LogP contribution in [0, 0.1) is 5.21 Å². The van der Waals surface area contributed by atoms with Gasteiger partial charge in [0.2, 0.25) is 0 Å². The lowest BCUT2D eigenvalue weighted by molar-refractivity contribution is -0.138. The van der Waals surface area contributed by atoms with Crippen molar-refractivity contribution in [2.24, 2.45) is 5.73 Å². The maximum absolute atomic E-state index is 13.5. The highest BCUT2D eigenvalue weighted by atomic mass is 35.5. The summed E-state index contributed by atoms with van der Waals surface area (Å²) < 4.78 is 58.4. The Labute approximate surface area is 139 Å². The minimum atomic E-state index is -3.72. The number of aliphatic carboxylic acids is 1. The Balaban J connectivity index is 3.61. The Bertz CT molecular complexity index is 696. The van der Waals surface area contributed by atoms with Crippen LogP contribution in [0.15, 0.2) is 24.3 Å². The van der Waals surface area contributed by atoms with Crippen LogP contribution >= 0.6 is 23.2 Å². The molecule has 112 valence electrons. The number of halogens is 2. The summed E-state index contributed by atoms with van der Waals surface area (Å²) in [6.07, 6.45) is -0.152. The predicted molar refractivity (Wildman–Crippen MR) is 82.1 cm³/mol. The Morgan fingerprint density at radius 3 is 2.25 bits per heavy atom. The summed E-state index contributed by atoms with van der Waals surface area (Å²) in [6, 6.07) is 2.91. The zero-order valence-corrected chi connectivity index (χ0v) is 11.6. The molecule has 0 bridgehead atoms.